The molecule has 1 saturated carbocycles. The molecule has 1 aliphatic carbocycles. The van der Waals surface area contributed by atoms with E-state index in [4.69, 9.17) is 0 Å². The van der Waals surface area contributed by atoms with Gasteiger partial charge in [-0.05, 0) is 51.1 Å². The highest BCUT2D eigenvalue weighted by molar-refractivity contribution is 7.89. The summed E-state index contributed by atoms with van der Waals surface area (Å²) < 4.78 is 26.7. The predicted octanol–water partition coefficient (Wildman–Crippen LogP) is 2.07. The molecule has 1 aromatic rings. The standard InChI is InChI=1S/C16H26N2O2S/c1-14(8-9-15-6-3-2-4-7-15)18-21(19,20)13-5-12-17-16-10-11-16/h2-4,6-7,14,16-18H,5,8-13H2,1H3. The van der Waals surface area contributed by atoms with Gasteiger partial charge in [0, 0.05) is 12.1 Å². The Morgan fingerprint density at radius 1 is 1.24 bits per heavy atom. The van der Waals surface area contributed by atoms with Crippen LogP contribution >= 0.6 is 0 Å². The number of benzene rings is 1. The quantitative estimate of drug-likeness (QED) is 0.651. The van der Waals surface area contributed by atoms with Gasteiger partial charge in [0.1, 0.15) is 0 Å². The van der Waals surface area contributed by atoms with Crippen molar-refractivity contribution in [3.8, 4) is 0 Å². The van der Waals surface area contributed by atoms with Gasteiger partial charge in [0.15, 0.2) is 0 Å². The van der Waals surface area contributed by atoms with Crippen LogP contribution in [0.4, 0.5) is 0 Å². The molecular formula is C16H26N2O2S. The smallest absolute Gasteiger partial charge is 0.211 e. The lowest BCUT2D eigenvalue weighted by Gasteiger charge is -2.14. The average molecular weight is 310 g/mol. The molecule has 0 bridgehead atoms. The highest BCUT2D eigenvalue weighted by Crippen LogP contribution is 2.18. The fourth-order valence-corrected chi connectivity index (χ4v) is 3.68. The van der Waals surface area contributed by atoms with E-state index in [1.165, 1.54) is 18.4 Å². The Balaban J connectivity index is 1.63. The molecule has 0 aromatic heterocycles. The van der Waals surface area contributed by atoms with E-state index in [0.29, 0.717) is 12.5 Å². The molecular weight excluding hydrogens is 284 g/mol. The molecule has 0 saturated heterocycles. The Morgan fingerprint density at radius 3 is 2.62 bits per heavy atom. The Labute approximate surface area is 128 Å². The van der Waals surface area contributed by atoms with Crippen LogP contribution in [0.3, 0.4) is 0 Å². The number of aryl methyl sites for hydroxylation is 1. The molecule has 118 valence electrons. The number of nitrogens with one attached hydrogen (secondary N) is 2. The summed E-state index contributed by atoms with van der Waals surface area (Å²) in [5, 5.41) is 3.34. The largest absolute Gasteiger partial charge is 0.314 e. The lowest BCUT2D eigenvalue weighted by Crippen LogP contribution is -2.35. The van der Waals surface area contributed by atoms with E-state index in [9.17, 15) is 8.42 Å². The summed E-state index contributed by atoms with van der Waals surface area (Å²) in [6.45, 7) is 2.73. The van der Waals surface area contributed by atoms with Crippen LogP contribution in [-0.4, -0.2) is 32.8 Å². The van der Waals surface area contributed by atoms with Gasteiger partial charge in [-0.1, -0.05) is 30.3 Å². The lowest BCUT2D eigenvalue weighted by molar-refractivity contribution is 0.542. The van der Waals surface area contributed by atoms with Gasteiger partial charge in [-0.3, -0.25) is 0 Å². The van der Waals surface area contributed by atoms with Crippen molar-refractivity contribution in [3.63, 3.8) is 0 Å². The van der Waals surface area contributed by atoms with Crippen molar-refractivity contribution < 1.29 is 8.42 Å². The minimum Gasteiger partial charge on any atom is -0.314 e. The number of hydrogen-bond acceptors (Lipinski definition) is 3. The molecule has 5 heteroatoms. The zero-order chi connectivity index (χ0) is 15.1. The molecule has 1 aliphatic rings. The second kappa shape index (κ2) is 7.92. The second-order valence-corrected chi connectivity index (χ2v) is 7.82. The molecule has 1 atom stereocenters. The maximum Gasteiger partial charge on any atom is 0.211 e. The van der Waals surface area contributed by atoms with Crippen LogP contribution in [0.2, 0.25) is 0 Å². The molecule has 2 rings (SSSR count). The van der Waals surface area contributed by atoms with Crippen molar-refractivity contribution in [2.24, 2.45) is 0 Å². The topological polar surface area (TPSA) is 58.2 Å². The van der Waals surface area contributed by atoms with Gasteiger partial charge < -0.3 is 5.32 Å². The maximum atomic E-state index is 12.0. The zero-order valence-corrected chi connectivity index (χ0v) is 13.5. The first-order valence-electron chi connectivity index (χ1n) is 7.82. The fraction of sp³-hybridized carbons (Fsp3) is 0.625. The molecule has 1 aromatic carbocycles. The summed E-state index contributed by atoms with van der Waals surface area (Å²) in [5.74, 6) is 0.211. The van der Waals surface area contributed by atoms with Crippen molar-refractivity contribution >= 4 is 10.0 Å². The SMILES string of the molecule is CC(CCc1ccccc1)NS(=O)(=O)CCCNC1CC1. The summed E-state index contributed by atoms with van der Waals surface area (Å²) >= 11 is 0. The number of hydrogen-bond donors (Lipinski definition) is 2. The summed E-state index contributed by atoms with van der Waals surface area (Å²) in [6.07, 6.45) is 4.87. The van der Waals surface area contributed by atoms with Crippen LogP contribution in [0.25, 0.3) is 0 Å². The Bertz CT molecular complexity index is 512. The van der Waals surface area contributed by atoms with Gasteiger partial charge in [0.25, 0.3) is 0 Å². The van der Waals surface area contributed by atoms with E-state index < -0.39 is 10.0 Å². The van der Waals surface area contributed by atoms with Crippen molar-refractivity contribution in [1.82, 2.24) is 10.0 Å². The number of sulfonamides is 1. The first-order chi connectivity index (χ1) is 10.1. The Kier molecular flexibility index (Phi) is 6.21. The van der Waals surface area contributed by atoms with Gasteiger partial charge in [0.2, 0.25) is 10.0 Å². The van der Waals surface area contributed by atoms with Crippen LogP contribution in [0.1, 0.15) is 38.2 Å². The second-order valence-electron chi connectivity index (χ2n) is 5.94. The van der Waals surface area contributed by atoms with Crippen LogP contribution < -0.4 is 10.0 Å². The van der Waals surface area contributed by atoms with E-state index in [0.717, 1.165) is 19.4 Å². The monoisotopic (exact) mass is 310 g/mol. The van der Waals surface area contributed by atoms with E-state index >= 15 is 0 Å². The average Bonchev–Trinajstić information content (AvgIpc) is 3.26. The van der Waals surface area contributed by atoms with Crippen LogP contribution in [-0.2, 0) is 16.4 Å². The molecule has 0 heterocycles. The van der Waals surface area contributed by atoms with Crippen LogP contribution in [0.5, 0.6) is 0 Å². The van der Waals surface area contributed by atoms with Crippen LogP contribution in [0.15, 0.2) is 30.3 Å². The summed E-state index contributed by atoms with van der Waals surface area (Å²) in [6, 6.07) is 10.8. The minimum atomic E-state index is -3.15. The fourth-order valence-electron chi connectivity index (χ4n) is 2.31. The first kappa shape index (κ1) is 16.5. The van der Waals surface area contributed by atoms with E-state index in [1.54, 1.807) is 0 Å². The summed E-state index contributed by atoms with van der Waals surface area (Å²) in [7, 11) is -3.15. The highest BCUT2D eigenvalue weighted by atomic mass is 32.2. The third-order valence-electron chi connectivity index (χ3n) is 3.69. The third-order valence-corrected chi connectivity index (χ3v) is 5.28. The van der Waals surface area contributed by atoms with E-state index in [-0.39, 0.29) is 11.8 Å². The maximum absolute atomic E-state index is 12.0. The Morgan fingerprint density at radius 2 is 1.95 bits per heavy atom. The minimum absolute atomic E-state index is 0.0217. The van der Waals surface area contributed by atoms with Gasteiger partial charge in [-0.25, -0.2) is 13.1 Å². The molecule has 0 spiro atoms. The molecule has 0 amide bonds. The molecule has 2 N–H and O–H groups in total. The molecule has 0 aliphatic heterocycles. The Hall–Kier alpha value is -0.910. The van der Waals surface area contributed by atoms with Crippen molar-refractivity contribution in [2.45, 2.75) is 51.1 Å². The van der Waals surface area contributed by atoms with Gasteiger partial charge in [-0.15, -0.1) is 0 Å². The summed E-state index contributed by atoms with van der Waals surface area (Å²) in [4.78, 5) is 0. The van der Waals surface area contributed by atoms with Crippen molar-refractivity contribution in [1.29, 1.82) is 0 Å². The van der Waals surface area contributed by atoms with E-state index in [1.807, 2.05) is 25.1 Å². The number of rotatable bonds is 10. The molecule has 1 fully saturated rings. The zero-order valence-electron chi connectivity index (χ0n) is 12.7. The van der Waals surface area contributed by atoms with Gasteiger partial charge in [-0.2, -0.15) is 0 Å². The van der Waals surface area contributed by atoms with Crippen LogP contribution in [0, 0.1) is 0 Å². The van der Waals surface area contributed by atoms with Gasteiger partial charge >= 0.3 is 0 Å². The summed E-state index contributed by atoms with van der Waals surface area (Å²) in [5.41, 5.74) is 1.25. The molecule has 21 heavy (non-hydrogen) atoms. The van der Waals surface area contributed by atoms with Crippen molar-refractivity contribution in [3.05, 3.63) is 35.9 Å². The molecule has 4 nitrogen and oxygen atoms in total. The van der Waals surface area contributed by atoms with Gasteiger partial charge in [0.05, 0.1) is 5.75 Å². The van der Waals surface area contributed by atoms with Crippen molar-refractivity contribution in [2.75, 3.05) is 12.3 Å². The lowest BCUT2D eigenvalue weighted by atomic mass is 10.1. The first-order valence-corrected chi connectivity index (χ1v) is 9.48. The molecule has 0 radical (unpaired) electrons. The third kappa shape index (κ3) is 7.07. The molecule has 1 unspecified atom stereocenters. The van der Waals surface area contributed by atoms with E-state index in [2.05, 4.69) is 22.2 Å². The predicted molar refractivity (Wildman–Crippen MR) is 86.8 cm³/mol. The highest BCUT2D eigenvalue weighted by Gasteiger charge is 2.20. The normalized spacial score (nSPS) is 16.8.